The van der Waals surface area contributed by atoms with E-state index in [0.717, 1.165) is 23.1 Å². The number of urea groups is 1. The molecule has 1 fully saturated rings. The zero-order chi connectivity index (χ0) is 18.0. The number of fused-ring (bicyclic) bond motifs is 1. The fraction of sp³-hybridized carbons (Fsp3) is 0.474. The zero-order valence-corrected chi connectivity index (χ0v) is 14.7. The second kappa shape index (κ2) is 7.17. The van der Waals surface area contributed by atoms with Crippen molar-refractivity contribution in [1.82, 2.24) is 9.47 Å². The summed E-state index contributed by atoms with van der Waals surface area (Å²) in [7, 11) is 0. The first-order valence-electron chi connectivity index (χ1n) is 8.81. The molecule has 134 valence electrons. The molecule has 2 amide bonds. The summed E-state index contributed by atoms with van der Waals surface area (Å²) >= 11 is 0. The number of nitrogens with zero attached hydrogens (tertiary/aromatic N) is 2. The number of aliphatic carboxylic acids is 1. The number of nitrogens with one attached hydrogen (secondary N) is 1. The molecule has 1 aliphatic rings. The molecule has 3 rings (SSSR count). The minimum absolute atomic E-state index is 0.162. The lowest BCUT2D eigenvalue weighted by molar-refractivity contribution is -0.143. The number of likely N-dealkylation sites (tertiary alicyclic amines) is 1. The number of anilines is 1. The van der Waals surface area contributed by atoms with Gasteiger partial charge in [-0.25, -0.2) is 4.79 Å². The third-order valence-electron chi connectivity index (χ3n) is 4.72. The monoisotopic (exact) mass is 343 g/mol. The SMILES string of the molecule is CC(C)Cn1ccc2cc(NC(=O)N3CCC(C(=O)O)CC3)ccc21. The standard InChI is InChI=1S/C19H25N3O3/c1-13(2)12-22-10-7-15-11-16(3-4-17(15)22)20-19(25)21-8-5-14(6-9-21)18(23)24/h3-4,7,10-11,13-14H,5-6,8-9,12H2,1-2H3,(H,20,25)(H,23,24). The molecule has 0 bridgehead atoms. The summed E-state index contributed by atoms with van der Waals surface area (Å²) < 4.78 is 2.22. The van der Waals surface area contributed by atoms with E-state index in [4.69, 9.17) is 5.11 Å². The summed E-state index contributed by atoms with van der Waals surface area (Å²) in [5.41, 5.74) is 1.93. The molecule has 0 radical (unpaired) electrons. The van der Waals surface area contributed by atoms with Crippen molar-refractivity contribution in [3.63, 3.8) is 0 Å². The van der Waals surface area contributed by atoms with Gasteiger partial charge in [0, 0.05) is 42.4 Å². The smallest absolute Gasteiger partial charge is 0.321 e. The Kier molecular flexibility index (Phi) is 4.97. The summed E-state index contributed by atoms with van der Waals surface area (Å²) in [5.74, 6) is -0.527. The quantitative estimate of drug-likeness (QED) is 0.890. The van der Waals surface area contributed by atoms with Gasteiger partial charge in [0.1, 0.15) is 0 Å². The first-order chi connectivity index (χ1) is 11.9. The summed E-state index contributed by atoms with van der Waals surface area (Å²) in [6.45, 7) is 6.31. The molecule has 0 atom stereocenters. The summed E-state index contributed by atoms with van der Waals surface area (Å²) in [5, 5.41) is 13.1. The van der Waals surface area contributed by atoms with Gasteiger partial charge in [0.2, 0.25) is 0 Å². The number of amides is 2. The number of aromatic nitrogens is 1. The minimum Gasteiger partial charge on any atom is -0.481 e. The largest absolute Gasteiger partial charge is 0.481 e. The van der Waals surface area contributed by atoms with Gasteiger partial charge in [-0.05, 0) is 43.0 Å². The molecule has 6 heteroatoms. The first-order valence-corrected chi connectivity index (χ1v) is 8.81. The molecule has 2 heterocycles. The number of benzene rings is 1. The number of hydrogen-bond donors (Lipinski definition) is 2. The van der Waals surface area contributed by atoms with Crippen LogP contribution in [0.5, 0.6) is 0 Å². The van der Waals surface area contributed by atoms with Gasteiger partial charge in [-0.1, -0.05) is 13.8 Å². The van der Waals surface area contributed by atoms with Crippen LogP contribution in [0.15, 0.2) is 30.5 Å². The Labute approximate surface area is 147 Å². The molecule has 6 nitrogen and oxygen atoms in total. The van der Waals surface area contributed by atoms with E-state index in [1.165, 1.54) is 0 Å². The van der Waals surface area contributed by atoms with Crippen molar-refractivity contribution in [2.24, 2.45) is 11.8 Å². The van der Waals surface area contributed by atoms with Gasteiger partial charge in [0.25, 0.3) is 0 Å². The average molecular weight is 343 g/mol. The number of hydrogen-bond acceptors (Lipinski definition) is 2. The van der Waals surface area contributed by atoms with Gasteiger partial charge in [-0.2, -0.15) is 0 Å². The lowest BCUT2D eigenvalue weighted by Gasteiger charge is -2.30. The maximum atomic E-state index is 12.4. The third-order valence-corrected chi connectivity index (χ3v) is 4.72. The van der Waals surface area contributed by atoms with Crippen LogP contribution in [0.2, 0.25) is 0 Å². The van der Waals surface area contributed by atoms with Gasteiger partial charge in [-0.15, -0.1) is 0 Å². The van der Waals surface area contributed by atoms with E-state index in [0.29, 0.717) is 31.8 Å². The Morgan fingerprint density at radius 2 is 1.96 bits per heavy atom. The predicted molar refractivity (Wildman–Crippen MR) is 97.7 cm³/mol. The lowest BCUT2D eigenvalue weighted by atomic mass is 9.97. The molecular weight excluding hydrogens is 318 g/mol. The van der Waals surface area contributed by atoms with Crippen LogP contribution >= 0.6 is 0 Å². The second-order valence-electron chi connectivity index (χ2n) is 7.17. The van der Waals surface area contributed by atoms with Gasteiger partial charge in [0.15, 0.2) is 0 Å². The summed E-state index contributed by atoms with van der Waals surface area (Å²) in [6, 6.07) is 7.83. The van der Waals surface area contributed by atoms with E-state index in [-0.39, 0.29) is 11.9 Å². The van der Waals surface area contributed by atoms with Crippen LogP contribution in [-0.4, -0.2) is 39.7 Å². The van der Waals surface area contributed by atoms with E-state index in [1.54, 1.807) is 4.90 Å². The third kappa shape index (κ3) is 3.95. The maximum absolute atomic E-state index is 12.4. The second-order valence-corrected chi connectivity index (χ2v) is 7.17. The van der Waals surface area contributed by atoms with Crippen molar-refractivity contribution in [3.8, 4) is 0 Å². The average Bonchev–Trinajstić information content (AvgIpc) is 2.96. The Bertz CT molecular complexity index is 773. The van der Waals surface area contributed by atoms with E-state index in [1.807, 2.05) is 18.2 Å². The van der Waals surface area contributed by atoms with Crippen LogP contribution in [0, 0.1) is 11.8 Å². The Morgan fingerprint density at radius 1 is 1.24 bits per heavy atom. The molecule has 1 saturated heterocycles. The number of piperidine rings is 1. The highest BCUT2D eigenvalue weighted by Gasteiger charge is 2.26. The van der Waals surface area contributed by atoms with Crippen molar-refractivity contribution < 1.29 is 14.7 Å². The first kappa shape index (κ1) is 17.3. The fourth-order valence-corrected chi connectivity index (χ4v) is 3.36. The van der Waals surface area contributed by atoms with Gasteiger partial charge < -0.3 is 19.9 Å². The van der Waals surface area contributed by atoms with Crippen LogP contribution < -0.4 is 5.32 Å². The Morgan fingerprint density at radius 3 is 2.60 bits per heavy atom. The minimum atomic E-state index is -0.767. The van der Waals surface area contributed by atoms with Crippen LogP contribution in [0.4, 0.5) is 10.5 Å². The Hall–Kier alpha value is -2.50. The highest BCUT2D eigenvalue weighted by Crippen LogP contribution is 2.23. The molecule has 0 saturated carbocycles. The van der Waals surface area contributed by atoms with E-state index in [9.17, 15) is 9.59 Å². The van der Waals surface area contributed by atoms with E-state index in [2.05, 4.69) is 36.0 Å². The highest BCUT2D eigenvalue weighted by atomic mass is 16.4. The number of carboxylic acids is 1. The molecule has 25 heavy (non-hydrogen) atoms. The topological polar surface area (TPSA) is 74.6 Å². The summed E-state index contributed by atoms with van der Waals surface area (Å²) in [4.78, 5) is 25.1. The van der Waals surface area contributed by atoms with Crippen LogP contribution in [0.25, 0.3) is 10.9 Å². The molecule has 1 aliphatic heterocycles. The zero-order valence-electron chi connectivity index (χ0n) is 14.7. The predicted octanol–water partition coefficient (Wildman–Crippen LogP) is 3.63. The van der Waals surface area contributed by atoms with Crippen molar-refractivity contribution in [2.75, 3.05) is 18.4 Å². The maximum Gasteiger partial charge on any atom is 0.321 e. The number of rotatable bonds is 4. The number of carboxylic acid groups (broad SMARTS) is 1. The van der Waals surface area contributed by atoms with Crippen molar-refractivity contribution >= 4 is 28.6 Å². The van der Waals surface area contributed by atoms with Gasteiger partial charge in [0.05, 0.1) is 5.92 Å². The Balaban J connectivity index is 1.65. The van der Waals surface area contributed by atoms with Crippen molar-refractivity contribution in [3.05, 3.63) is 30.5 Å². The molecule has 0 unspecified atom stereocenters. The molecule has 2 aromatic rings. The highest BCUT2D eigenvalue weighted by molar-refractivity contribution is 5.93. The van der Waals surface area contributed by atoms with Gasteiger partial charge in [-0.3, -0.25) is 4.79 Å². The lowest BCUT2D eigenvalue weighted by Crippen LogP contribution is -2.42. The number of carbonyl (C=O) groups is 2. The van der Waals surface area contributed by atoms with Crippen molar-refractivity contribution in [1.29, 1.82) is 0 Å². The fourth-order valence-electron chi connectivity index (χ4n) is 3.36. The molecular formula is C19H25N3O3. The van der Waals surface area contributed by atoms with E-state index < -0.39 is 5.97 Å². The van der Waals surface area contributed by atoms with Crippen LogP contribution in [-0.2, 0) is 11.3 Å². The van der Waals surface area contributed by atoms with Crippen molar-refractivity contribution in [2.45, 2.75) is 33.2 Å². The van der Waals surface area contributed by atoms with Crippen LogP contribution in [0.1, 0.15) is 26.7 Å². The molecule has 1 aromatic carbocycles. The number of carbonyl (C=O) groups excluding carboxylic acids is 1. The normalized spacial score (nSPS) is 15.7. The summed E-state index contributed by atoms with van der Waals surface area (Å²) in [6.07, 6.45) is 3.10. The molecule has 2 N–H and O–H groups in total. The van der Waals surface area contributed by atoms with Gasteiger partial charge >= 0.3 is 12.0 Å². The molecule has 0 aliphatic carbocycles. The molecule has 1 aromatic heterocycles. The van der Waals surface area contributed by atoms with E-state index >= 15 is 0 Å². The van der Waals surface area contributed by atoms with Crippen LogP contribution in [0.3, 0.4) is 0 Å². The molecule has 0 spiro atoms.